The topological polar surface area (TPSA) is 55.1 Å². The number of hydrogen-bond acceptors (Lipinski definition) is 2. The van der Waals surface area contributed by atoms with Gasteiger partial charge >= 0.3 is 6.18 Å². The molecule has 3 nitrogen and oxygen atoms in total. The summed E-state index contributed by atoms with van der Waals surface area (Å²) in [5, 5.41) is 3.40. The summed E-state index contributed by atoms with van der Waals surface area (Å²) in [5.41, 5.74) is 6.96. The second-order valence-corrected chi connectivity index (χ2v) is 8.45. The Kier molecular flexibility index (Phi) is 6.74. The van der Waals surface area contributed by atoms with Crippen LogP contribution in [-0.2, 0) is 10.2 Å². The summed E-state index contributed by atoms with van der Waals surface area (Å²) in [6.07, 6.45) is 4.14. The Morgan fingerprint density at radius 1 is 1.21 bits per heavy atom. The molecular weight excluding hydrogens is 401 g/mol. The third-order valence-electron chi connectivity index (χ3n) is 6.28. The molecule has 2 atom stereocenters. The van der Waals surface area contributed by atoms with E-state index in [-0.39, 0.29) is 23.8 Å². The zero-order chi connectivity index (χ0) is 21.1. The van der Waals surface area contributed by atoms with E-state index in [1.54, 1.807) is 6.08 Å². The number of allylic oxidation sites excluding steroid dienone is 3. The predicted molar refractivity (Wildman–Crippen MR) is 108 cm³/mol. The second kappa shape index (κ2) is 8.92. The van der Waals surface area contributed by atoms with Crippen LogP contribution >= 0.6 is 11.6 Å². The minimum Gasteiger partial charge on any atom is -0.355 e. The molecule has 0 heterocycles. The number of nitrogens with one attached hydrogen (secondary N) is 1. The third kappa shape index (κ3) is 5.04. The third-order valence-corrected chi connectivity index (χ3v) is 6.52. The zero-order valence-electron chi connectivity index (χ0n) is 16.1. The van der Waals surface area contributed by atoms with Crippen molar-refractivity contribution in [2.75, 3.05) is 13.1 Å². The van der Waals surface area contributed by atoms with E-state index in [1.165, 1.54) is 12.2 Å². The van der Waals surface area contributed by atoms with E-state index >= 15 is 0 Å². The Morgan fingerprint density at radius 2 is 1.90 bits per heavy atom. The molecule has 158 valence electrons. The van der Waals surface area contributed by atoms with E-state index in [1.807, 2.05) is 24.3 Å². The highest BCUT2D eigenvalue weighted by atomic mass is 35.5. The van der Waals surface area contributed by atoms with E-state index in [9.17, 15) is 18.0 Å². The number of halogens is 4. The van der Waals surface area contributed by atoms with Gasteiger partial charge < -0.3 is 11.1 Å². The number of hydrogen-bond donors (Lipinski definition) is 2. The van der Waals surface area contributed by atoms with Crippen LogP contribution in [0, 0.1) is 17.8 Å². The molecule has 7 heteroatoms. The lowest BCUT2D eigenvalue weighted by molar-refractivity contribution is -0.170. The normalized spacial score (nSPS) is 29.6. The van der Waals surface area contributed by atoms with Crippen molar-refractivity contribution in [1.82, 2.24) is 5.32 Å². The van der Waals surface area contributed by atoms with Crippen molar-refractivity contribution in [3.63, 3.8) is 0 Å². The van der Waals surface area contributed by atoms with Gasteiger partial charge in [-0.05, 0) is 43.4 Å². The van der Waals surface area contributed by atoms with Crippen molar-refractivity contribution in [3.05, 3.63) is 59.2 Å². The quantitative estimate of drug-likeness (QED) is 0.713. The van der Waals surface area contributed by atoms with Gasteiger partial charge in [-0.15, -0.1) is 0 Å². The molecular formula is C22H26ClF3N2O. The highest BCUT2D eigenvalue weighted by Gasteiger charge is 2.43. The van der Waals surface area contributed by atoms with Crippen LogP contribution in [0.1, 0.15) is 31.2 Å². The zero-order valence-corrected chi connectivity index (χ0v) is 16.8. The molecule has 1 amide bonds. The minimum atomic E-state index is -4.32. The van der Waals surface area contributed by atoms with Gasteiger partial charge in [0, 0.05) is 35.4 Å². The molecule has 2 unspecified atom stereocenters. The summed E-state index contributed by atoms with van der Waals surface area (Å²) >= 11 is 6.13. The number of alkyl halides is 3. The van der Waals surface area contributed by atoms with Crippen LogP contribution in [0.5, 0.6) is 0 Å². The van der Waals surface area contributed by atoms with Gasteiger partial charge in [0.2, 0.25) is 5.91 Å². The maximum Gasteiger partial charge on any atom is 0.395 e. The number of amides is 1. The second-order valence-electron chi connectivity index (χ2n) is 8.02. The number of carbonyl (C=O) groups excluding carboxylic acids is 1. The molecule has 2 aliphatic rings. The van der Waals surface area contributed by atoms with Crippen molar-refractivity contribution >= 4 is 17.5 Å². The SMILES string of the molecule is NCC1(c2cccc(Cl)c2)CCC(C(=O)NCC2C=CC=CC2C(F)(F)F)CC1. The Bertz CT molecular complexity index is 783. The van der Waals surface area contributed by atoms with Crippen molar-refractivity contribution in [2.24, 2.45) is 23.5 Å². The smallest absolute Gasteiger partial charge is 0.355 e. The molecule has 1 aromatic rings. The van der Waals surface area contributed by atoms with Gasteiger partial charge in [-0.25, -0.2) is 0 Å². The van der Waals surface area contributed by atoms with Crippen LogP contribution in [-0.4, -0.2) is 25.2 Å². The van der Waals surface area contributed by atoms with Gasteiger partial charge in [-0.3, -0.25) is 4.79 Å². The highest BCUT2D eigenvalue weighted by Crippen LogP contribution is 2.42. The maximum absolute atomic E-state index is 13.2. The first-order chi connectivity index (χ1) is 13.7. The van der Waals surface area contributed by atoms with Crippen LogP contribution in [0.4, 0.5) is 13.2 Å². The van der Waals surface area contributed by atoms with Crippen LogP contribution in [0.3, 0.4) is 0 Å². The summed E-state index contributed by atoms with van der Waals surface area (Å²) < 4.78 is 39.5. The molecule has 1 saturated carbocycles. The summed E-state index contributed by atoms with van der Waals surface area (Å²) in [6, 6.07) is 7.66. The van der Waals surface area contributed by atoms with Crippen molar-refractivity contribution < 1.29 is 18.0 Å². The number of nitrogens with two attached hydrogens (primary N) is 1. The van der Waals surface area contributed by atoms with Crippen molar-refractivity contribution in [3.8, 4) is 0 Å². The van der Waals surface area contributed by atoms with Gasteiger partial charge in [0.05, 0.1) is 5.92 Å². The van der Waals surface area contributed by atoms with E-state index in [4.69, 9.17) is 17.3 Å². The first-order valence-corrected chi connectivity index (χ1v) is 10.3. The molecule has 0 spiro atoms. The Hall–Kier alpha value is -1.79. The van der Waals surface area contributed by atoms with E-state index in [0.29, 0.717) is 24.4 Å². The minimum absolute atomic E-state index is 0.0172. The predicted octanol–water partition coefficient (Wildman–Crippen LogP) is 4.76. The molecule has 3 N–H and O–H groups in total. The molecule has 3 rings (SSSR count). The van der Waals surface area contributed by atoms with Gasteiger partial charge in [0.1, 0.15) is 0 Å². The summed E-state index contributed by atoms with van der Waals surface area (Å²) in [5.74, 6) is -2.72. The van der Waals surface area contributed by atoms with Gasteiger partial charge in [-0.1, -0.05) is 48.0 Å². The average Bonchev–Trinajstić information content (AvgIpc) is 2.71. The van der Waals surface area contributed by atoms with Gasteiger partial charge in [-0.2, -0.15) is 13.2 Å². The molecule has 0 aromatic heterocycles. The molecule has 1 fully saturated rings. The van der Waals surface area contributed by atoms with E-state index in [2.05, 4.69) is 5.32 Å². The summed E-state index contributed by atoms with van der Waals surface area (Å²) in [6.45, 7) is 0.449. The van der Waals surface area contributed by atoms with Crippen molar-refractivity contribution in [2.45, 2.75) is 37.3 Å². The van der Waals surface area contributed by atoms with Crippen LogP contribution in [0.2, 0.25) is 5.02 Å². The summed E-state index contributed by atoms with van der Waals surface area (Å²) in [4.78, 5) is 12.6. The largest absolute Gasteiger partial charge is 0.395 e. The first-order valence-electron chi connectivity index (χ1n) is 9.91. The van der Waals surface area contributed by atoms with Crippen LogP contribution in [0.15, 0.2) is 48.6 Å². The Morgan fingerprint density at radius 3 is 2.52 bits per heavy atom. The van der Waals surface area contributed by atoms with E-state index < -0.39 is 18.0 Å². The van der Waals surface area contributed by atoms with Gasteiger partial charge in [0.15, 0.2) is 0 Å². The Balaban J connectivity index is 1.57. The van der Waals surface area contributed by atoms with Crippen LogP contribution in [0.25, 0.3) is 0 Å². The number of carbonyl (C=O) groups is 1. The first kappa shape index (κ1) is 21.9. The average molecular weight is 427 g/mol. The van der Waals surface area contributed by atoms with Crippen molar-refractivity contribution in [1.29, 1.82) is 0 Å². The lowest BCUT2D eigenvalue weighted by Crippen LogP contribution is -2.44. The fourth-order valence-corrected chi connectivity index (χ4v) is 4.61. The maximum atomic E-state index is 13.2. The lowest BCUT2D eigenvalue weighted by Gasteiger charge is -2.39. The fraction of sp³-hybridized carbons (Fsp3) is 0.500. The molecule has 0 saturated heterocycles. The monoisotopic (exact) mass is 426 g/mol. The highest BCUT2D eigenvalue weighted by molar-refractivity contribution is 6.30. The molecule has 0 bridgehead atoms. The molecule has 1 aromatic carbocycles. The molecule has 0 radical (unpaired) electrons. The summed E-state index contributed by atoms with van der Waals surface area (Å²) in [7, 11) is 0. The standard InChI is InChI=1S/C22H26ClF3N2O/c23-18-6-3-5-17(12-18)21(14-27)10-8-15(9-11-21)20(29)28-13-16-4-1-2-7-19(16)22(24,25)26/h1-7,12,15-16,19H,8-11,13-14,27H2,(H,28,29). The van der Waals surface area contributed by atoms with Crippen LogP contribution < -0.4 is 11.1 Å². The van der Waals surface area contributed by atoms with E-state index in [0.717, 1.165) is 24.5 Å². The fourth-order valence-electron chi connectivity index (χ4n) is 4.42. The molecule has 29 heavy (non-hydrogen) atoms. The molecule has 2 aliphatic carbocycles. The van der Waals surface area contributed by atoms with Gasteiger partial charge in [0.25, 0.3) is 0 Å². The Labute approximate surface area is 174 Å². The molecule has 0 aliphatic heterocycles. The lowest BCUT2D eigenvalue weighted by atomic mass is 9.66. The number of benzene rings is 1. The number of rotatable bonds is 5.